The number of nitrogens with zero attached hydrogens (tertiary/aromatic N) is 1. The molecule has 0 aliphatic heterocycles. The highest BCUT2D eigenvalue weighted by molar-refractivity contribution is 7.15. The molecule has 1 atom stereocenters. The van der Waals surface area contributed by atoms with Gasteiger partial charge in [0.25, 0.3) is 0 Å². The van der Waals surface area contributed by atoms with E-state index < -0.39 is 16.4 Å². The molecule has 0 fully saturated rings. The number of carbonyl (C=O) groups is 1. The van der Waals surface area contributed by atoms with Gasteiger partial charge in [0.05, 0.1) is 4.92 Å². The van der Waals surface area contributed by atoms with E-state index >= 15 is 0 Å². The van der Waals surface area contributed by atoms with Gasteiger partial charge in [0, 0.05) is 17.5 Å². The number of nitro groups is 1. The van der Waals surface area contributed by atoms with Gasteiger partial charge in [-0.05, 0) is 19.4 Å². The largest absolute Gasteiger partial charge is 0.480 e. The zero-order chi connectivity index (χ0) is 13.8. The van der Waals surface area contributed by atoms with Gasteiger partial charge >= 0.3 is 11.0 Å². The van der Waals surface area contributed by atoms with Crippen molar-refractivity contribution in [3.05, 3.63) is 27.1 Å². The molecule has 0 aliphatic rings. The Hall–Kier alpha value is -1.47. The molecule has 1 unspecified atom stereocenters. The predicted molar refractivity (Wildman–Crippen MR) is 68.8 cm³/mol. The Morgan fingerprint density at radius 1 is 1.61 bits per heavy atom. The lowest BCUT2D eigenvalue weighted by molar-refractivity contribution is -0.380. The second-order valence-electron chi connectivity index (χ2n) is 4.24. The Bertz CT molecular complexity index is 446. The third kappa shape index (κ3) is 3.51. The zero-order valence-corrected chi connectivity index (χ0v) is 11.1. The molecule has 0 saturated carbocycles. The average Bonchev–Trinajstić information content (AvgIpc) is 2.75. The van der Waals surface area contributed by atoms with E-state index in [4.69, 9.17) is 5.11 Å². The Kier molecular flexibility index (Phi) is 4.80. The van der Waals surface area contributed by atoms with Crippen LogP contribution in [0.25, 0.3) is 0 Å². The van der Waals surface area contributed by atoms with Crippen LogP contribution in [0.15, 0.2) is 12.1 Å². The van der Waals surface area contributed by atoms with Crippen LogP contribution in [0.2, 0.25) is 0 Å². The van der Waals surface area contributed by atoms with Crippen LogP contribution in [0.3, 0.4) is 0 Å². The topological polar surface area (TPSA) is 92.5 Å². The van der Waals surface area contributed by atoms with E-state index in [0.717, 1.165) is 22.6 Å². The molecule has 18 heavy (non-hydrogen) atoms. The summed E-state index contributed by atoms with van der Waals surface area (Å²) in [6.45, 7) is 3.86. The molecule has 0 amide bonds. The maximum Gasteiger partial charge on any atom is 0.324 e. The summed E-state index contributed by atoms with van der Waals surface area (Å²) in [4.78, 5) is 22.0. The Morgan fingerprint density at radius 3 is 2.72 bits per heavy atom. The zero-order valence-electron chi connectivity index (χ0n) is 10.3. The molecule has 1 rings (SSSR count). The van der Waals surface area contributed by atoms with Crippen LogP contribution in [0.1, 0.15) is 31.6 Å². The second-order valence-corrected chi connectivity index (χ2v) is 5.38. The molecule has 1 aromatic heterocycles. The summed E-state index contributed by atoms with van der Waals surface area (Å²) in [5.74, 6) is -0.907. The van der Waals surface area contributed by atoms with Crippen molar-refractivity contribution in [2.75, 3.05) is 0 Å². The van der Waals surface area contributed by atoms with Gasteiger partial charge in [-0.2, -0.15) is 0 Å². The highest BCUT2D eigenvalue weighted by Gasteiger charge is 2.31. The van der Waals surface area contributed by atoms with E-state index in [2.05, 4.69) is 5.32 Å². The highest BCUT2D eigenvalue weighted by atomic mass is 32.1. The van der Waals surface area contributed by atoms with Gasteiger partial charge in [-0.25, -0.2) is 0 Å². The third-order valence-electron chi connectivity index (χ3n) is 2.70. The van der Waals surface area contributed by atoms with Gasteiger partial charge in [-0.15, -0.1) is 0 Å². The highest BCUT2D eigenvalue weighted by Crippen LogP contribution is 2.24. The van der Waals surface area contributed by atoms with E-state index in [0.29, 0.717) is 13.0 Å². The molecule has 0 saturated heterocycles. The Labute approximate surface area is 109 Å². The van der Waals surface area contributed by atoms with Crippen molar-refractivity contribution >= 4 is 22.3 Å². The van der Waals surface area contributed by atoms with E-state index in [1.165, 1.54) is 6.07 Å². The number of carboxylic acids is 1. The van der Waals surface area contributed by atoms with Gasteiger partial charge in [-0.3, -0.25) is 20.2 Å². The molecule has 0 radical (unpaired) electrons. The number of hydrogen-bond donors (Lipinski definition) is 2. The molecule has 0 spiro atoms. The van der Waals surface area contributed by atoms with Gasteiger partial charge in [-0.1, -0.05) is 24.7 Å². The summed E-state index contributed by atoms with van der Waals surface area (Å²) < 4.78 is 0. The number of rotatable bonds is 7. The van der Waals surface area contributed by atoms with Crippen LogP contribution >= 0.6 is 11.3 Å². The second kappa shape index (κ2) is 5.92. The fourth-order valence-corrected chi connectivity index (χ4v) is 2.37. The Morgan fingerprint density at radius 2 is 2.28 bits per heavy atom. The number of hydrogen-bond acceptors (Lipinski definition) is 5. The molecular weight excluding hydrogens is 256 g/mol. The number of carboxylic acid groups (broad SMARTS) is 1. The summed E-state index contributed by atoms with van der Waals surface area (Å²) in [6.07, 6.45) is 1.26. The van der Waals surface area contributed by atoms with Crippen LogP contribution in [0.4, 0.5) is 5.00 Å². The molecule has 100 valence electrons. The molecule has 0 aliphatic carbocycles. The van der Waals surface area contributed by atoms with Crippen LogP contribution in [-0.2, 0) is 11.3 Å². The van der Waals surface area contributed by atoms with Crippen LogP contribution in [0.5, 0.6) is 0 Å². The third-order valence-corrected chi connectivity index (χ3v) is 3.74. The summed E-state index contributed by atoms with van der Waals surface area (Å²) in [5.41, 5.74) is -0.993. The van der Waals surface area contributed by atoms with E-state index in [1.54, 1.807) is 13.0 Å². The lowest BCUT2D eigenvalue weighted by Crippen LogP contribution is -2.48. The van der Waals surface area contributed by atoms with Crippen molar-refractivity contribution < 1.29 is 14.8 Å². The van der Waals surface area contributed by atoms with Crippen LogP contribution in [-0.4, -0.2) is 21.5 Å². The smallest absolute Gasteiger partial charge is 0.324 e. The monoisotopic (exact) mass is 272 g/mol. The van der Waals surface area contributed by atoms with Gasteiger partial charge in [0.2, 0.25) is 0 Å². The summed E-state index contributed by atoms with van der Waals surface area (Å²) in [6, 6.07) is 3.07. The molecule has 7 heteroatoms. The SMILES string of the molecule is CCCC(C)(NCc1ccc([N+](=O)[O-])s1)C(=O)O. The normalized spacial score (nSPS) is 14.1. The molecule has 1 heterocycles. The number of aliphatic carboxylic acids is 1. The van der Waals surface area contributed by atoms with Crippen molar-refractivity contribution in [2.45, 2.75) is 38.8 Å². The lowest BCUT2D eigenvalue weighted by atomic mass is 9.96. The summed E-state index contributed by atoms with van der Waals surface area (Å²) in [7, 11) is 0. The quantitative estimate of drug-likeness (QED) is 0.587. The maximum absolute atomic E-state index is 11.2. The van der Waals surface area contributed by atoms with Gasteiger partial charge in [0.15, 0.2) is 0 Å². The molecule has 0 aromatic carbocycles. The molecule has 1 aromatic rings. The first-order valence-electron chi connectivity index (χ1n) is 5.60. The van der Waals surface area contributed by atoms with Gasteiger partial charge < -0.3 is 5.11 Å². The van der Waals surface area contributed by atoms with Crippen molar-refractivity contribution in [3.8, 4) is 0 Å². The fourth-order valence-electron chi connectivity index (χ4n) is 1.61. The molecular formula is C11H16N2O4S. The minimum atomic E-state index is -0.993. The van der Waals surface area contributed by atoms with Crippen molar-refractivity contribution in [1.82, 2.24) is 5.32 Å². The van der Waals surface area contributed by atoms with Crippen LogP contribution < -0.4 is 5.32 Å². The van der Waals surface area contributed by atoms with Crippen molar-refractivity contribution in [2.24, 2.45) is 0 Å². The summed E-state index contributed by atoms with van der Waals surface area (Å²) >= 11 is 1.06. The molecule has 6 nitrogen and oxygen atoms in total. The minimum absolute atomic E-state index is 0.0688. The molecule has 2 N–H and O–H groups in total. The Balaban J connectivity index is 2.67. The summed E-state index contributed by atoms with van der Waals surface area (Å²) in [5, 5.41) is 22.7. The van der Waals surface area contributed by atoms with E-state index in [1.807, 2.05) is 6.92 Å². The van der Waals surface area contributed by atoms with E-state index in [9.17, 15) is 14.9 Å². The van der Waals surface area contributed by atoms with Crippen molar-refractivity contribution in [3.63, 3.8) is 0 Å². The number of thiophene rings is 1. The van der Waals surface area contributed by atoms with E-state index in [-0.39, 0.29) is 5.00 Å². The first-order valence-corrected chi connectivity index (χ1v) is 6.42. The predicted octanol–water partition coefficient (Wildman–Crippen LogP) is 2.39. The number of nitrogens with one attached hydrogen (secondary N) is 1. The molecule has 0 bridgehead atoms. The minimum Gasteiger partial charge on any atom is -0.480 e. The first kappa shape index (κ1) is 14.6. The van der Waals surface area contributed by atoms with Gasteiger partial charge in [0.1, 0.15) is 5.54 Å². The maximum atomic E-state index is 11.2. The average molecular weight is 272 g/mol. The van der Waals surface area contributed by atoms with Crippen molar-refractivity contribution in [1.29, 1.82) is 0 Å². The fraction of sp³-hybridized carbons (Fsp3) is 0.545. The first-order chi connectivity index (χ1) is 8.39. The van der Waals surface area contributed by atoms with Crippen LogP contribution in [0, 0.1) is 10.1 Å². The lowest BCUT2D eigenvalue weighted by Gasteiger charge is -2.25. The standard InChI is InChI=1S/C11H16N2O4S/c1-3-6-11(2,10(14)15)12-7-8-4-5-9(18-8)13(16)17/h4-5,12H,3,6-7H2,1-2H3,(H,14,15).